The van der Waals surface area contributed by atoms with Crippen molar-refractivity contribution in [2.24, 2.45) is 5.92 Å². The van der Waals surface area contributed by atoms with Gasteiger partial charge >= 0.3 is 0 Å². The van der Waals surface area contributed by atoms with Crippen molar-refractivity contribution in [3.05, 3.63) is 0 Å². The maximum Gasteiger partial charge on any atom is 0.157 e. The van der Waals surface area contributed by atoms with Gasteiger partial charge in [0.2, 0.25) is 0 Å². The molecule has 12 heavy (non-hydrogen) atoms. The second-order valence-corrected chi connectivity index (χ2v) is 3.42. The van der Waals surface area contributed by atoms with Crippen molar-refractivity contribution in [3.8, 4) is 0 Å². The van der Waals surface area contributed by atoms with Gasteiger partial charge in [-0.1, -0.05) is 6.92 Å². The van der Waals surface area contributed by atoms with Crippen molar-refractivity contribution in [2.75, 3.05) is 19.8 Å². The van der Waals surface area contributed by atoms with Crippen LogP contribution in [0.15, 0.2) is 0 Å². The summed E-state index contributed by atoms with van der Waals surface area (Å²) in [7, 11) is 0. The Morgan fingerprint density at radius 3 is 3.00 bits per heavy atom. The Hall–Kier alpha value is -0.120. The van der Waals surface area contributed by atoms with E-state index in [-0.39, 0.29) is 18.8 Å². The van der Waals surface area contributed by atoms with Gasteiger partial charge in [0.25, 0.3) is 0 Å². The molecule has 0 aromatic rings. The first-order valence-electron chi connectivity index (χ1n) is 4.67. The molecule has 0 aromatic carbocycles. The van der Waals surface area contributed by atoms with E-state index in [0.717, 1.165) is 19.4 Å². The van der Waals surface area contributed by atoms with Crippen LogP contribution in [-0.4, -0.2) is 31.2 Å². The zero-order valence-electron chi connectivity index (χ0n) is 7.66. The molecule has 1 saturated heterocycles. The van der Waals surface area contributed by atoms with Gasteiger partial charge in [0.05, 0.1) is 6.61 Å². The highest BCUT2D eigenvalue weighted by Gasteiger charge is 2.14. The van der Waals surface area contributed by atoms with Gasteiger partial charge in [-0.25, -0.2) is 0 Å². The zero-order chi connectivity index (χ0) is 8.81. The number of aliphatic hydroxyl groups is 1. The van der Waals surface area contributed by atoms with Crippen molar-refractivity contribution in [1.29, 1.82) is 0 Å². The SMILES string of the molecule is C[C@@H](CO)CO[C@H]1CCCCO1. The molecule has 1 aliphatic heterocycles. The minimum absolute atomic E-state index is 0.0206. The van der Waals surface area contributed by atoms with Gasteiger partial charge in [-0.2, -0.15) is 0 Å². The summed E-state index contributed by atoms with van der Waals surface area (Å²) in [5.41, 5.74) is 0. The molecular formula is C9H18O3. The van der Waals surface area contributed by atoms with Crippen LogP contribution in [-0.2, 0) is 9.47 Å². The summed E-state index contributed by atoms with van der Waals surface area (Å²) in [4.78, 5) is 0. The fraction of sp³-hybridized carbons (Fsp3) is 1.00. The highest BCUT2D eigenvalue weighted by molar-refractivity contribution is 4.55. The van der Waals surface area contributed by atoms with E-state index in [1.807, 2.05) is 6.92 Å². The van der Waals surface area contributed by atoms with Crippen LogP contribution in [0.2, 0.25) is 0 Å². The smallest absolute Gasteiger partial charge is 0.157 e. The molecule has 3 nitrogen and oxygen atoms in total. The Morgan fingerprint density at radius 2 is 2.42 bits per heavy atom. The molecule has 0 unspecified atom stereocenters. The molecule has 2 atom stereocenters. The first-order chi connectivity index (χ1) is 5.83. The second-order valence-electron chi connectivity index (χ2n) is 3.42. The Balaban J connectivity index is 2.05. The van der Waals surface area contributed by atoms with Gasteiger partial charge in [-0.05, 0) is 19.3 Å². The Kier molecular flexibility index (Phi) is 4.58. The summed E-state index contributed by atoms with van der Waals surface area (Å²) in [5, 5.41) is 8.74. The van der Waals surface area contributed by atoms with Crippen LogP contribution in [0.3, 0.4) is 0 Å². The van der Waals surface area contributed by atoms with Crippen molar-refractivity contribution < 1.29 is 14.6 Å². The monoisotopic (exact) mass is 174 g/mol. The lowest BCUT2D eigenvalue weighted by atomic mass is 10.2. The number of ether oxygens (including phenoxy) is 2. The average Bonchev–Trinajstić information content (AvgIpc) is 2.16. The van der Waals surface area contributed by atoms with Crippen LogP contribution in [0, 0.1) is 5.92 Å². The zero-order valence-corrected chi connectivity index (χ0v) is 7.66. The normalized spacial score (nSPS) is 27.0. The third kappa shape index (κ3) is 3.52. The molecule has 1 rings (SSSR count). The van der Waals surface area contributed by atoms with Gasteiger partial charge in [0, 0.05) is 19.1 Å². The summed E-state index contributed by atoms with van der Waals surface area (Å²) in [6.45, 7) is 3.56. The number of hydrogen-bond donors (Lipinski definition) is 1. The van der Waals surface area contributed by atoms with Crippen LogP contribution in [0.5, 0.6) is 0 Å². The molecule has 1 aliphatic rings. The Morgan fingerprint density at radius 1 is 1.58 bits per heavy atom. The molecule has 72 valence electrons. The lowest BCUT2D eigenvalue weighted by Gasteiger charge is -2.23. The van der Waals surface area contributed by atoms with E-state index in [9.17, 15) is 0 Å². The standard InChI is InChI=1S/C9H18O3/c1-8(6-10)7-12-9-4-2-3-5-11-9/h8-10H,2-7H2,1H3/t8-,9-/m0/s1. The van der Waals surface area contributed by atoms with E-state index in [1.54, 1.807) is 0 Å². The maximum absolute atomic E-state index is 8.74. The summed E-state index contributed by atoms with van der Waals surface area (Å²) in [5.74, 6) is 0.218. The molecule has 1 fully saturated rings. The average molecular weight is 174 g/mol. The molecular weight excluding hydrogens is 156 g/mol. The molecule has 0 bridgehead atoms. The molecule has 1 N–H and O–H groups in total. The number of aliphatic hydroxyl groups excluding tert-OH is 1. The Bertz CT molecular complexity index is 110. The van der Waals surface area contributed by atoms with E-state index < -0.39 is 0 Å². The van der Waals surface area contributed by atoms with Gasteiger partial charge < -0.3 is 14.6 Å². The minimum Gasteiger partial charge on any atom is -0.396 e. The van der Waals surface area contributed by atoms with Crippen LogP contribution >= 0.6 is 0 Å². The van der Waals surface area contributed by atoms with Gasteiger partial charge in [-0.15, -0.1) is 0 Å². The minimum atomic E-state index is -0.0206. The van der Waals surface area contributed by atoms with E-state index in [2.05, 4.69) is 0 Å². The topological polar surface area (TPSA) is 38.7 Å². The third-order valence-electron chi connectivity index (χ3n) is 2.02. The maximum atomic E-state index is 8.74. The van der Waals surface area contributed by atoms with E-state index in [1.165, 1.54) is 6.42 Å². The second kappa shape index (κ2) is 5.51. The molecule has 0 amide bonds. The first-order valence-corrected chi connectivity index (χ1v) is 4.67. The van der Waals surface area contributed by atoms with E-state index >= 15 is 0 Å². The van der Waals surface area contributed by atoms with E-state index in [4.69, 9.17) is 14.6 Å². The fourth-order valence-electron chi connectivity index (χ4n) is 1.17. The van der Waals surface area contributed by atoms with E-state index in [0.29, 0.717) is 6.61 Å². The lowest BCUT2D eigenvalue weighted by molar-refractivity contribution is -0.169. The highest BCUT2D eigenvalue weighted by Crippen LogP contribution is 2.14. The van der Waals surface area contributed by atoms with Gasteiger partial charge in [-0.3, -0.25) is 0 Å². The molecule has 1 heterocycles. The van der Waals surface area contributed by atoms with Crippen molar-refractivity contribution in [2.45, 2.75) is 32.5 Å². The highest BCUT2D eigenvalue weighted by atomic mass is 16.7. The van der Waals surface area contributed by atoms with Crippen LogP contribution in [0.4, 0.5) is 0 Å². The number of rotatable bonds is 4. The Labute approximate surface area is 73.7 Å². The summed E-state index contributed by atoms with van der Waals surface area (Å²) in [6.07, 6.45) is 3.32. The predicted octanol–water partition coefficient (Wildman–Crippen LogP) is 1.16. The number of hydrogen-bond acceptors (Lipinski definition) is 3. The predicted molar refractivity (Wildman–Crippen MR) is 45.8 cm³/mol. The molecule has 0 saturated carbocycles. The molecule has 0 radical (unpaired) electrons. The summed E-state index contributed by atoms with van der Waals surface area (Å²) < 4.78 is 10.8. The van der Waals surface area contributed by atoms with Crippen LogP contribution < -0.4 is 0 Å². The van der Waals surface area contributed by atoms with Gasteiger partial charge in [0.15, 0.2) is 6.29 Å². The third-order valence-corrected chi connectivity index (χ3v) is 2.02. The summed E-state index contributed by atoms with van der Waals surface area (Å²) in [6, 6.07) is 0. The van der Waals surface area contributed by atoms with Crippen LogP contribution in [0.25, 0.3) is 0 Å². The molecule has 0 aliphatic carbocycles. The summed E-state index contributed by atoms with van der Waals surface area (Å²) >= 11 is 0. The fourth-order valence-corrected chi connectivity index (χ4v) is 1.17. The molecule has 3 heteroatoms. The van der Waals surface area contributed by atoms with Crippen LogP contribution in [0.1, 0.15) is 26.2 Å². The molecule has 0 spiro atoms. The largest absolute Gasteiger partial charge is 0.396 e. The quantitative estimate of drug-likeness (QED) is 0.695. The lowest BCUT2D eigenvalue weighted by Crippen LogP contribution is -2.25. The van der Waals surface area contributed by atoms with Crippen molar-refractivity contribution in [3.63, 3.8) is 0 Å². The first kappa shape index (κ1) is 9.96. The molecule has 0 aromatic heterocycles. The van der Waals surface area contributed by atoms with Crippen molar-refractivity contribution >= 4 is 0 Å². The van der Waals surface area contributed by atoms with Gasteiger partial charge in [0.1, 0.15) is 0 Å². The van der Waals surface area contributed by atoms with Crippen molar-refractivity contribution in [1.82, 2.24) is 0 Å².